The second-order valence-corrected chi connectivity index (χ2v) is 3.00. The molecule has 13 heavy (non-hydrogen) atoms. The van der Waals surface area contributed by atoms with Crippen LogP contribution < -0.4 is 11.3 Å². The number of hydrogen-bond donors (Lipinski definition) is 2. The Morgan fingerprint density at radius 2 is 2.00 bits per heavy atom. The first-order chi connectivity index (χ1) is 6.22. The van der Waals surface area contributed by atoms with E-state index >= 15 is 0 Å². The van der Waals surface area contributed by atoms with Gasteiger partial charge in [-0.15, -0.1) is 0 Å². The molecule has 0 aromatic heterocycles. The van der Waals surface area contributed by atoms with Crippen LogP contribution in [-0.4, -0.2) is 18.6 Å². The highest BCUT2D eigenvalue weighted by atomic mass is 19.1. The van der Waals surface area contributed by atoms with Crippen molar-refractivity contribution in [2.75, 3.05) is 13.7 Å². The molecule has 0 unspecified atom stereocenters. The van der Waals surface area contributed by atoms with Gasteiger partial charge in [0, 0.05) is 6.54 Å². The molecule has 1 aromatic rings. The largest absolute Gasteiger partial charge is 0.288 e. The van der Waals surface area contributed by atoms with Crippen LogP contribution in [0.25, 0.3) is 0 Å². The summed E-state index contributed by atoms with van der Waals surface area (Å²) in [5.41, 5.74) is 3.62. The first-order valence-electron chi connectivity index (χ1n) is 4.09. The fraction of sp³-hybridized carbons (Fsp3) is 0.333. The van der Waals surface area contributed by atoms with Gasteiger partial charge in [-0.2, -0.15) is 0 Å². The second-order valence-electron chi connectivity index (χ2n) is 3.00. The first-order valence-corrected chi connectivity index (χ1v) is 4.09. The van der Waals surface area contributed by atoms with E-state index in [9.17, 15) is 4.39 Å². The Balaban J connectivity index is 2.49. The Hall–Kier alpha value is -0.970. The summed E-state index contributed by atoms with van der Waals surface area (Å²) in [7, 11) is 1.93. The summed E-state index contributed by atoms with van der Waals surface area (Å²) in [5.74, 6) is 4.95. The topological polar surface area (TPSA) is 41.3 Å². The van der Waals surface area contributed by atoms with E-state index in [0.29, 0.717) is 6.67 Å². The van der Waals surface area contributed by atoms with Crippen LogP contribution in [0, 0.1) is 5.82 Å². The molecule has 1 rings (SSSR count). The Bertz CT molecular complexity index is 248. The van der Waals surface area contributed by atoms with Gasteiger partial charge in [-0.1, -0.05) is 12.1 Å². The Labute approximate surface area is 77.3 Å². The molecule has 0 aliphatic rings. The number of rotatable bonds is 4. The van der Waals surface area contributed by atoms with Gasteiger partial charge >= 0.3 is 0 Å². The molecule has 1 aromatic carbocycles. The molecule has 0 fully saturated rings. The van der Waals surface area contributed by atoms with Crippen LogP contribution in [-0.2, 0) is 6.54 Å². The maximum absolute atomic E-state index is 12.5. The van der Waals surface area contributed by atoms with Crippen molar-refractivity contribution in [3.8, 4) is 0 Å². The molecular formula is C9H14FN3. The normalized spacial score (nSPS) is 10.8. The zero-order valence-electron chi connectivity index (χ0n) is 7.63. The molecule has 3 N–H and O–H groups in total. The first kappa shape index (κ1) is 10.1. The van der Waals surface area contributed by atoms with Crippen molar-refractivity contribution in [1.82, 2.24) is 10.3 Å². The van der Waals surface area contributed by atoms with Crippen LogP contribution in [0.4, 0.5) is 4.39 Å². The minimum Gasteiger partial charge on any atom is -0.288 e. The Morgan fingerprint density at radius 3 is 2.54 bits per heavy atom. The smallest absolute Gasteiger partial charge is 0.123 e. The fourth-order valence-corrected chi connectivity index (χ4v) is 1.11. The average Bonchev–Trinajstić information content (AvgIpc) is 2.09. The van der Waals surface area contributed by atoms with E-state index in [1.807, 2.05) is 11.9 Å². The molecule has 0 aliphatic carbocycles. The van der Waals surface area contributed by atoms with E-state index < -0.39 is 0 Å². The van der Waals surface area contributed by atoms with Gasteiger partial charge in [-0.3, -0.25) is 10.7 Å². The van der Waals surface area contributed by atoms with Crippen molar-refractivity contribution >= 4 is 0 Å². The van der Waals surface area contributed by atoms with Crippen LogP contribution in [0.15, 0.2) is 24.3 Å². The molecule has 0 saturated heterocycles. The lowest BCUT2D eigenvalue weighted by Crippen LogP contribution is -2.34. The van der Waals surface area contributed by atoms with E-state index in [4.69, 9.17) is 5.84 Å². The molecule has 0 amide bonds. The third-order valence-electron chi connectivity index (χ3n) is 1.73. The van der Waals surface area contributed by atoms with Crippen LogP contribution >= 0.6 is 0 Å². The standard InChI is InChI=1S/C9H14FN3/c1-13(7-12-11)6-8-2-4-9(10)5-3-8/h2-5,12H,6-7,11H2,1H3. The van der Waals surface area contributed by atoms with E-state index in [1.165, 1.54) is 12.1 Å². The van der Waals surface area contributed by atoms with Gasteiger partial charge in [0.15, 0.2) is 0 Å². The molecule has 3 nitrogen and oxygen atoms in total. The SMILES string of the molecule is CN(CNN)Cc1ccc(F)cc1. The summed E-state index contributed by atoms with van der Waals surface area (Å²) in [6.07, 6.45) is 0. The van der Waals surface area contributed by atoms with Crippen molar-refractivity contribution in [1.29, 1.82) is 0 Å². The molecule has 4 heteroatoms. The fourth-order valence-electron chi connectivity index (χ4n) is 1.11. The zero-order valence-corrected chi connectivity index (χ0v) is 7.63. The summed E-state index contributed by atoms with van der Waals surface area (Å²) in [5, 5.41) is 0. The maximum atomic E-state index is 12.5. The highest BCUT2D eigenvalue weighted by molar-refractivity contribution is 5.15. The average molecular weight is 183 g/mol. The van der Waals surface area contributed by atoms with Gasteiger partial charge in [0.25, 0.3) is 0 Å². The van der Waals surface area contributed by atoms with Gasteiger partial charge < -0.3 is 0 Å². The predicted molar refractivity (Wildman–Crippen MR) is 50.1 cm³/mol. The molecule has 0 radical (unpaired) electrons. The lowest BCUT2D eigenvalue weighted by molar-refractivity contribution is 0.301. The number of benzene rings is 1. The van der Waals surface area contributed by atoms with Gasteiger partial charge in [-0.25, -0.2) is 9.82 Å². The van der Waals surface area contributed by atoms with E-state index in [1.54, 1.807) is 12.1 Å². The number of nitrogens with one attached hydrogen (secondary N) is 1. The highest BCUT2D eigenvalue weighted by Gasteiger charge is 1.98. The number of hydrogen-bond acceptors (Lipinski definition) is 3. The lowest BCUT2D eigenvalue weighted by atomic mass is 10.2. The van der Waals surface area contributed by atoms with Crippen molar-refractivity contribution in [2.45, 2.75) is 6.54 Å². The molecule has 0 aliphatic heterocycles. The predicted octanol–water partition coefficient (Wildman–Crippen LogP) is 0.678. The zero-order chi connectivity index (χ0) is 9.68. The van der Waals surface area contributed by atoms with Crippen LogP contribution in [0.3, 0.4) is 0 Å². The highest BCUT2D eigenvalue weighted by Crippen LogP contribution is 2.04. The second kappa shape index (κ2) is 4.91. The van der Waals surface area contributed by atoms with Gasteiger partial charge in [0.05, 0.1) is 6.67 Å². The molecule has 0 heterocycles. The van der Waals surface area contributed by atoms with E-state index in [0.717, 1.165) is 12.1 Å². The summed E-state index contributed by atoms with van der Waals surface area (Å²) in [6, 6.07) is 6.45. The number of halogens is 1. The molecule has 0 saturated carbocycles. The number of nitrogens with two attached hydrogens (primary N) is 1. The van der Waals surface area contributed by atoms with Gasteiger partial charge in [-0.05, 0) is 24.7 Å². The van der Waals surface area contributed by atoms with E-state index in [2.05, 4.69) is 5.43 Å². The Morgan fingerprint density at radius 1 is 1.38 bits per heavy atom. The summed E-state index contributed by atoms with van der Waals surface area (Å²) in [6.45, 7) is 1.36. The summed E-state index contributed by atoms with van der Waals surface area (Å²) < 4.78 is 12.5. The maximum Gasteiger partial charge on any atom is 0.123 e. The molecule has 0 atom stereocenters. The van der Waals surface area contributed by atoms with Crippen LogP contribution in [0.2, 0.25) is 0 Å². The minimum absolute atomic E-state index is 0.205. The van der Waals surface area contributed by atoms with Crippen LogP contribution in [0.1, 0.15) is 5.56 Å². The Kier molecular flexibility index (Phi) is 3.82. The minimum atomic E-state index is -0.205. The van der Waals surface area contributed by atoms with Gasteiger partial charge in [0.1, 0.15) is 5.82 Å². The van der Waals surface area contributed by atoms with Crippen molar-refractivity contribution < 1.29 is 4.39 Å². The molecule has 0 bridgehead atoms. The van der Waals surface area contributed by atoms with Crippen molar-refractivity contribution in [2.24, 2.45) is 5.84 Å². The summed E-state index contributed by atoms with van der Waals surface area (Å²) in [4.78, 5) is 1.99. The van der Waals surface area contributed by atoms with Gasteiger partial charge in [0.2, 0.25) is 0 Å². The molecular weight excluding hydrogens is 169 g/mol. The van der Waals surface area contributed by atoms with Crippen molar-refractivity contribution in [3.63, 3.8) is 0 Å². The van der Waals surface area contributed by atoms with E-state index in [-0.39, 0.29) is 5.82 Å². The number of nitrogens with zero attached hydrogens (tertiary/aromatic N) is 1. The van der Waals surface area contributed by atoms with Crippen molar-refractivity contribution in [3.05, 3.63) is 35.6 Å². The monoisotopic (exact) mass is 183 g/mol. The summed E-state index contributed by atoms with van der Waals surface area (Å²) >= 11 is 0. The third kappa shape index (κ3) is 3.50. The van der Waals surface area contributed by atoms with Crippen LogP contribution in [0.5, 0.6) is 0 Å². The third-order valence-corrected chi connectivity index (χ3v) is 1.73. The lowest BCUT2D eigenvalue weighted by Gasteiger charge is -2.15. The quantitative estimate of drug-likeness (QED) is 0.410. The molecule has 72 valence electrons. The molecule has 0 spiro atoms. The number of hydrazine groups is 1.